The summed E-state index contributed by atoms with van der Waals surface area (Å²) in [5.74, 6) is 0.110. The monoisotopic (exact) mass is 460 g/mol. The lowest BCUT2D eigenvalue weighted by molar-refractivity contribution is -0.139. The first-order valence-corrected chi connectivity index (χ1v) is 12.3. The Bertz CT molecular complexity index is 1050. The average Bonchev–Trinajstić information content (AvgIpc) is 2.82. The molecule has 2 amide bonds. The van der Waals surface area contributed by atoms with Crippen LogP contribution < -0.4 is 5.32 Å². The van der Waals surface area contributed by atoms with Gasteiger partial charge in [-0.05, 0) is 49.6 Å². The van der Waals surface area contributed by atoms with Crippen LogP contribution in [0.25, 0.3) is 0 Å². The minimum atomic E-state index is -0.585. The third kappa shape index (κ3) is 7.22. The summed E-state index contributed by atoms with van der Waals surface area (Å²) in [6.07, 6.45) is 0.472. The minimum absolute atomic E-state index is 0.0454. The molecule has 1 unspecified atom stereocenters. The van der Waals surface area contributed by atoms with E-state index in [1.165, 1.54) is 17.3 Å². The third-order valence-electron chi connectivity index (χ3n) is 5.61. The first-order valence-electron chi connectivity index (χ1n) is 11.3. The van der Waals surface area contributed by atoms with Crippen LogP contribution in [0.15, 0.2) is 83.8 Å². The van der Waals surface area contributed by atoms with Gasteiger partial charge in [-0.3, -0.25) is 9.59 Å². The molecule has 0 radical (unpaired) electrons. The second-order valence-electron chi connectivity index (χ2n) is 8.15. The molecule has 5 heteroatoms. The SMILES string of the molecule is CCNC(=O)C(Cc1ccccc1)N(Cc1ccccc1C)C(=O)CSc1ccc(C)cc1. The largest absolute Gasteiger partial charge is 0.355 e. The van der Waals surface area contributed by atoms with Gasteiger partial charge in [-0.1, -0.05) is 72.3 Å². The van der Waals surface area contributed by atoms with Crippen LogP contribution in [0.4, 0.5) is 0 Å². The number of aryl methyl sites for hydroxylation is 2. The van der Waals surface area contributed by atoms with Crippen molar-refractivity contribution in [2.75, 3.05) is 12.3 Å². The number of nitrogens with one attached hydrogen (secondary N) is 1. The number of benzene rings is 3. The molecule has 0 bridgehead atoms. The van der Waals surface area contributed by atoms with Crippen molar-refractivity contribution in [3.63, 3.8) is 0 Å². The van der Waals surface area contributed by atoms with Crippen LogP contribution in [-0.4, -0.2) is 35.1 Å². The van der Waals surface area contributed by atoms with Gasteiger partial charge < -0.3 is 10.2 Å². The van der Waals surface area contributed by atoms with Crippen LogP contribution in [0.3, 0.4) is 0 Å². The number of likely N-dealkylation sites (N-methyl/N-ethyl adjacent to an activating group) is 1. The lowest BCUT2D eigenvalue weighted by Crippen LogP contribution is -2.51. The Hall–Kier alpha value is -3.05. The summed E-state index contributed by atoms with van der Waals surface area (Å²) in [5, 5.41) is 2.94. The first-order chi connectivity index (χ1) is 16.0. The summed E-state index contributed by atoms with van der Waals surface area (Å²) in [7, 11) is 0. The van der Waals surface area contributed by atoms with E-state index in [1.54, 1.807) is 4.90 Å². The molecular weight excluding hydrogens is 428 g/mol. The van der Waals surface area contributed by atoms with Crippen LogP contribution in [-0.2, 0) is 22.6 Å². The van der Waals surface area contributed by atoms with Gasteiger partial charge in [0, 0.05) is 24.4 Å². The van der Waals surface area contributed by atoms with Crippen LogP contribution >= 0.6 is 11.8 Å². The summed E-state index contributed by atoms with van der Waals surface area (Å²) in [6, 6.07) is 25.5. The Morgan fingerprint density at radius 2 is 1.58 bits per heavy atom. The van der Waals surface area contributed by atoms with E-state index in [2.05, 4.69) is 5.32 Å². The predicted octanol–water partition coefficient (Wildman–Crippen LogP) is 5.17. The lowest BCUT2D eigenvalue weighted by Gasteiger charge is -2.32. The third-order valence-corrected chi connectivity index (χ3v) is 6.60. The molecule has 1 N–H and O–H groups in total. The molecule has 0 fully saturated rings. The van der Waals surface area contributed by atoms with E-state index in [0.717, 1.165) is 21.6 Å². The Kier molecular flexibility index (Phi) is 9.14. The fraction of sp³-hybridized carbons (Fsp3) is 0.286. The molecule has 3 aromatic carbocycles. The number of nitrogens with zero attached hydrogens (tertiary/aromatic N) is 1. The number of carbonyl (C=O) groups is 2. The van der Waals surface area contributed by atoms with Gasteiger partial charge in [0.05, 0.1) is 5.75 Å². The van der Waals surface area contributed by atoms with Gasteiger partial charge in [-0.25, -0.2) is 0 Å². The second-order valence-corrected chi connectivity index (χ2v) is 9.20. The van der Waals surface area contributed by atoms with Crippen LogP contribution in [0.5, 0.6) is 0 Å². The highest BCUT2D eigenvalue weighted by molar-refractivity contribution is 8.00. The number of amides is 2. The Labute approximate surface area is 201 Å². The van der Waals surface area contributed by atoms with E-state index < -0.39 is 6.04 Å². The standard InChI is InChI=1S/C28H32N2O2S/c1-4-29-28(32)26(18-23-11-6-5-7-12-23)30(19-24-13-9-8-10-22(24)3)27(31)20-33-25-16-14-21(2)15-17-25/h5-17,26H,4,18-20H2,1-3H3,(H,29,32). The fourth-order valence-electron chi connectivity index (χ4n) is 3.68. The molecule has 3 aromatic rings. The van der Waals surface area contributed by atoms with Crippen molar-refractivity contribution in [1.82, 2.24) is 10.2 Å². The Morgan fingerprint density at radius 3 is 2.24 bits per heavy atom. The summed E-state index contributed by atoms with van der Waals surface area (Å²) < 4.78 is 0. The van der Waals surface area contributed by atoms with Crippen molar-refractivity contribution < 1.29 is 9.59 Å². The molecule has 0 aliphatic rings. The van der Waals surface area contributed by atoms with Crippen molar-refractivity contribution in [3.05, 3.63) is 101 Å². The molecule has 0 aliphatic heterocycles. The summed E-state index contributed by atoms with van der Waals surface area (Å²) in [6.45, 7) is 6.91. The van der Waals surface area contributed by atoms with E-state index >= 15 is 0 Å². The molecule has 0 aliphatic carbocycles. The maximum atomic E-state index is 13.6. The maximum absolute atomic E-state index is 13.6. The van der Waals surface area contributed by atoms with Crippen LogP contribution in [0.1, 0.15) is 29.2 Å². The molecule has 0 saturated carbocycles. The van der Waals surface area contributed by atoms with Gasteiger partial charge in [-0.15, -0.1) is 11.8 Å². The molecular formula is C28H32N2O2S. The van der Waals surface area contributed by atoms with Gasteiger partial charge in [0.15, 0.2) is 0 Å². The van der Waals surface area contributed by atoms with Crippen molar-refractivity contribution in [3.8, 4) is 0 Å². The van der Waals surface area contributed by atoms with E-state index in [9.17, 15) is 9.59 Å². The molecule has 0 heterocycles. The van der Waals surface area contributed by atoms with Crippen molar-refractivity contribution in [2.24, 2.45) is 0 Å². The molecule has 33 heavy (non-hydrogen) atoms. The van der Waals surface area contributed by atoms with Crippen molar-refractivity contribution >= 4 is 23.6 Å². The first kappa shape index (κ1) is 24.6. The molecule has 0 spiro atoms. The zero-order chi connectivity index (χ0) is 23.6. The highest BCUT2D eigenvalue weighted by atomic mass is 32.2. The predicted molar refractivity (Wildman–Crippen MR) is 136 cm³/mol. The van der Waals surface area contributed by atoms with Crippen LogP contribution in [0, 0.1) is 13.8 Å². The number of carbonyl (C=O) groups excluding carboxylic acids is 2. The quantitative estimate of drug-likeness (QED) is 0.425. The lowest BCUT2D eigenvalue weighted by atomic mass is 10.0. The van der Waals surface area contributed by atoms with E-state index in [4.69, 9.17) is 0 Å². The van der Waals surface area contributed by atoms with Gasteiger partial charge in [0.2, 0.25) is 11.8 Å². The summed E-state index contributed by atoms with van der Waals surface area (Å²) in [4.78, 5) is 29.5. The molecule has 0 saturated heterocycles. The number of hydrogen-bond acceptors (Lipinski definition) is 3. The van der Waals surface area contributed by atoms with Gasteiger partial charge in [0.25, 0.3) is 0 Å². The molecule has 0 aromatic heterocycles. The molecule has 3 rings (SSSR count). The second kappa shape index (κ2) is 12.3. The highest BCUT2D eigenvalue weighted by Gasteiger charge is 2.30. The molecule has 1 atom stereocenters. The van der Waals surface area contributed by atoms with Gasteiger partial charge >= 0.3 is 0 Å². The average molecular weight is 461 g/mol. The van der Waals surface area contributed by atoms with Crippen molar-refractivity contribution in [1.29, 1.82) is 0 Å². The van der Waals surface area contributed by atoms with Gasteiger partial charge in [-0.2, -0.15) is 0 Å². The summed E-state index contributed by atoms with van der Waals surface area (Å²) >= 11 is 1.51. The fourth-order valence-corrected chi connectivity index (χ4v) is 4.46. The normalized spacial score (nSPS) is 11.6. The Morgan fingerprint density at radius 1 is 0.909 bits per heavy atom. The topological polar surface area (TPSA) is 49.4 Å². The number of rotatable bonds is 10. The maximum Gasteiger partial charge on any atom is 0.243 e. The van der Waals surface area contributed by atoms with E-state index in [-0.39, 0.29) is 17.6 Å². The van der Waals surface area contributed by atoms with E-state index in [0.29, 0.717) is 19.5 Å². The molecule has 172 valence electrons. The number of thioether (sulfide) groups is 1. The molecule has 4 nitrogen and oxygen atoms in total. The van der Waals surface area contributed by atoms with E-state index in [1.807, 2.05) is 99.6 Å². The highest BCUT2D eigenvalue weighted by Crippen LogP contribution is 2.22. The van der Waals surface area contributed by atoms with Crippen LogP contribution in [0.2, 0.25) is 0 Å². The minimum Gasteiger partial charge on any atom is -0.355 e. The Balaban J connectivity index is 1.89. The summed E-state index contributed by atoms with van der Waals surface area (Å²) in [5.41, 5.74) is 4.37. The van der Waals surface area contributed by atoms with Gasteiger partial charge in [0.1, 0.15) is 6.04 Å². The zero-order valence-corrected chi connectivity index (χ0v) is 20.4. The van der Waals surface area contributed by atoms with Crippen molar-refractivity contribution in [2.45, 2.75) is 44.7 Å². The smallest absolute Gasteiger partial charge is 0.243 e. The number of hydrogen-bond donors (Lipinski definition) is 1. The zero-order valence-electron chi connectivity index (χ0n) is 19.6.